The van der Waals surface area contributed by atoms with Gasteiger partial charge in [0, 0.05) is 20.0 Å². The van der Waals surface area contributed by atoms with Crippen molar-refractivity contribution >= 4 is 16.0 Å². The van der Waals surface area contributed by atoms with Gasteiger partial charge in [0.1, 0.15) is 0 Å². The molecule has 0 saturated carbocycles. The normalized spacial score (nSPS) is 12.4. The third kappa shape index (κ3) is 5.75. The molecule has 1 unspecified atom stereocenters. The first-order valence-corrected chi connectivity index (χ1v) is 9.64. The highest BCUT2D eigenvalue weighted by atomic mass is 32.2. The fraction of sp³-hybridized carbons (Fsp3) is 0.278. The van der Waals surface area contributed by atoms with E-state index in [1.807, 2.05) is 0 Å². The molecule has 0 heterocycles. The van der Waals surface area contributed by atoms with E-state index in [1.54, 1.807) is 25.1 Å². The van der Waals surface area contributed by atoms with Gasteiger partial charge < -0.3 is 5.73 Å². The molecule has 0 radical (unpaired) electrons. The van der Waals surface area contributed by atoms with Gasteiger partial charge in [0.2, 0.25) is 15.8 Å². The number of sulfonamides is 1. The fourth-order valence-electron chi connectivity index (χ4n) is 2.24. The summed E-state index contributed by atoms with van der Waals surface area (Å²) < 4.78 is 41.2. The lowest BCUT2D eigenvalue weighted by molar-refractivity contribution is -0.211. The standard InChI is InChI=1S/C18H21FN2O5S/c1-12(15-5-8-18(17(19)9-15)26-25-13(2)22)11-21-27(23,24)16-6-3-14(10-20)4-7-16/h3-9,12,21H,10-11,20H2,1-2H3. The molecule has 2 aromatic rings. The zero-order chi connectivity index (χ0) is 20.0. The summed E-state index contributed by atoms with van der Waals surface area (Å²) in [6, 6.07) is 10.3. The van der Waals surface area contributed by atoms with Crippen molar-refractivity contribution in [1.29, 1.82) is 0 Å². The molecule has 146 valence electrons. The van der Waals surface area contributed by atoms with E-state index in [1.165, 1.54) is 24.3 Å². The minimum Gasteiger partial charge on any atom is -0.326 e. The second-order valence-corrected chi connectivity index (χ2v) is 7.72. The molecule has 0 bridgehead atoms. The lowest BCUT2D eigenvalue weighted by Crippen LogP contribution is -2.27. The summed E-state index contributed by atoms with van der Waals surface area (Å²) >= 11 is 0. The maximum Gasteiger partial charge on any atom is 0.352 e. The van der Waals surface area contributed by atoms with Crippen molar-refractivity contribution in [3.63, 3.8) is 0 Å². The predicted octanol–water partition coefficient (Wildman–Crippen LogP) is 2.22. The number of carbonyl (C=O) groups excluding carboxylic acids is 1. The summed E-state index contributed by atoms with van der Waals surface area (Å²) in [5.41, 5.74) is 6.89. The van der Waals surface area contributed by atoms with E-state index in [9.17, 15) is 17.6 Å². The van der Waals surface area contributed by atoms with Crippen LogP contribution in [0, 0.1) is 5.82 Å². The second-order valence-electron chi connectivity index (χ2n) is 5.95. The quantitative estimate of drug-likeness (QED) is 0.523. The molecule has 0 spiro atoms. The van der Waals surface area contributed by atoms with Crippen LogP contribution in [0.3, 0.4) is 0 Å². The number of halogens is 1. The molecule has 0 fully saturated rings. The van der Waals surface area contributed by atoms with E-state index in [2.05, 4.69) is 14.5 Å². The van der Waals surface area contributed by atoms with Gasteiger partial charge in [-0.3, -0.25) is 9.78 Å². The maximum absolute atomic E-state index is 14.0. The van der Waals surface area contributed by atoms with Crippen LogP contribution in [0.25, 0.3) is 0 Å². The van der Waals surface area contributed by atoms with Crippen molar-refractivity contribution < 1.29 is 27.4 Å². The van der Waals surface area contributed by atoms with Crippen molar-refractivity contribution in [3.8, 4) is 5.75 Å². The van der Waals surface area contributed by atoms with Gasteiger partial charge >= 0.3 is 5.97 Å². The van der Waals surface area contributed by atoms with E-state index in [4.69, 9.17) is 5.73 Å². The van der Waals surface area contributed by atoms with Crippen molar-refractivity contribution in [2.75, 3.05) is 6.54 Å². The van der Waals surface area contributed by atoms with Crippen LogP contribution in [0.15, 0.2) is 47.4 Å². The highest BCUT2D eigenvalue weighted by molar-refractivity contribution is 7.89. The molecular formula is C18H21FN2O5S. The molecule has 3 N–H and O–H groups in total. The molecule has 2 aromatic carbocycles. The molecule has 0 saturated heterocycles. The maximum atomic E-state index is 14.0. The first kappa shape index (κ1) is 20.8. The number of nitrogens with two attached hydrogens (primary N) is 1. The summed E-state index contributed by atoms with van der Waals surface area (Å²) in [5.74, 6) is -1.97. The topological polar surface area (TPSA) is 108 Å². The Morgan fingerprint density at radius 3 is 2.44 bits per heavy atom. The first-order valence-electron chi connectivity index (χ1n) is 8.16. The summed E-state index contributed by atoms with van der Waals surface area (Å²) in [5, 5.41) is 0. The Labute approximate surface area is 157 Å². The number of nitrogens with one attached hydrogen (secondary N) is 1. The highest BCUT2D eigenvalue weighted by Gasteiger charge is 2.17. The van der Waals surface area contributed by atoms with Crippen LogP contribution in [0.2, 0.25) is 0 Å². The lowest BCUT2D eigenvalue weighted by Gasteiger charge is -2.14. The molecular weight excluding hydrogens is 375 g/mol. The van der Waals surface area contributed by atoms with Crippen molar-refractivity contribution in [2.45, 2.75) is 31.2 Å². The van der Waals surface area contributed by atoms with Gasteiger partial charge in [-0.05, 0) is 41.3 Å². The summed E-state index contributed by atoms with van der Waals surface area (Å²) in [6.45, 7) is 3.28. The Kier molecular flexibility index (Phi) is 6.89. The Morgan fingerprint density at radius 2 is 1.89 bits per heavy atom. The Bertz CT molecular complexity index is 900. The van der Waals surface area contributed by atoms with Gasteiger partial charge in [-0.25, -0.2) is 22.3 Å². The molecule has 0 amide bonds. The van der Waals surface area contributed by atoms with Gasteiger partial charge in [-0.1, -0.05) is 25.1 Å². The molecule has 1 atom stereocenters. The van der Waals surface area contributed by atoms with E-state index >= 15 is 0 Å². The van der Waals surface area contributed by atoms with Gasteiger partial charge in [0.15, 0.2) is 5.82 Å². The average Bonchev–Trinajstić information content (AvgIpc) is 2.65. The summed E-state index contributed by atoms with van der Waals surface area (Å²) in [4.78, 5) is 19.7. The number of hydrogen-bond donors (Lipinski definition) is 2. The van der Waals surface area contributed by atoms with Crippen LogP contribution in [0.1, 0.15) is 30.9 Å². The lowest BCUT2D eigenvalue weighted by atomic mass is 10.0. The van der Waals surface area contributed by atoms with E-state index in [-0.39, 0.29) is 23.1 Å². The highest BCUT2D eigenvalue weighted by Crippen LogP contribution is 2.23. The van der Waals surface area contributed by atoms with Gasteiger partial charge in [-0.15, -0.1) is 0 Å². The SMILES string of the molecule is CC(=O)OOc1ccc(C(C)CNS(=O)(=O)c2ccc(CN)cc2)cc1F. The smallest absolute Gasteiger partial charge is 0.326 e. The van der Waals surface area contributed by atoms with Crippen LogP contribution in [-0.4, -0.2) is 20.9 Å². The Hall–Kier alpha value is -2.49. The largest absolute Gasteiger partial charge is 0.352 e. The third-order valence-corrected chi connectivity index (χ3v) is 5.26. The van der Waals surface area contributed by atoms with Crippen LogP contribution < -0.4 is 15.3 Å². The zero-order valence-corrected chi connectivity index (χ0v) is 15.8. The van der Waals surface area contributed by atoms with Crippen molar-refractivity contribution in [2.24, 2.45) is 5.73 Å². The predicted molar refractivity (Wildman–Crippen MR) is 96.7 cm³/mol. The fourth-order valence-corrected chi connectivity index (χ4v) is 3.37. The summed E-state index contributed by atoms with van der Waals surface area (Å²) in [6.07, 6.45) is 0. The molecule has 7 nitrogen and oxygen atoms in total. The zero-order valence-electron chi connectivity index (χ0n) is 14.9. The molecule has 0 aliphatic rings. The van der Waals surface area contributed by atoms with Crippen molar-refractivity contribution in [1.82, 2.24) is 4.72 Å². The van der Waals surface area contributed by atoms with Crippen LogP contribution in [0.5, 0.6) is 5.75 Å². The monoisotopic (exact) mass is 396 g/mol. The van der Waals surface area contributed by atoms with Crippen LogP contribution >= 0.6 is 0 Å². The molecule has 0 aromatic heterocycles. The van der Waals surface area contributed by atoms with Crippen LogP contribution in [-0.2, 0) is 26.3 Å². The second kappa shape index (κ2) is 8.94. The average molecular weight is 396 g/mol. The summed E-state index contributed by atoms with van der Waals surface area (Å²) in [7, 11) is -3.69. The first-order chi connectivity index (χ1) is 12.7. The molecule has 27 heavy (non-hydrogen) atoms. The van der Waals surface area contributed by atoms with Gasteiger partial charge in [0.25, 0.3) is 0 Å². The number of hydrogen-bond acceptors (Lipinski definition) is 6. The van der Waals surface area contributed by atoms with E-state index in [0.29, 0.717) is 12.1 Å². The Morgan fingerprint density at radius 1 is 1.22 bits per heavy atom. The van der Waals surface area contributed by atoms with E-state index in [0.717, 1.165) is 12.5 Å². The van der Waals surface area contributed by atoms with E-state index < -0.39 is 21.8 Å². The Balaban J connectivity index is 2.02. The number of benzene rings is 2. The molecule has 0 aliphatic heterocycles. The molecule has 9 heteroatoms. The third-order valence-electron chi connectivity index (χ3n) is 3.82. The number of rotatable bonds is 8. The molecule has 0 aliphatic carbocycles. The molecule has 2 rings (SSSR count). The minimum absolute atomic E-state index is 0.0740. The van der Waals surface area contributed by atoms with Crippen molar-refractivity contribution in [3.05, 3.63) is 59.4 Å². The van der Waals surface area contributed by atoms with Gasteiger partial charge in [0.05, 0.1) is 4.90 Å². The minimum atomic E-state index is -3.69. The number of carbonyl (C=O) groups is 1. The van der Waals surface area contributed by atoms with Crippen LogP contribution in [0.4, 0.5) is 4.39 Å². The van der Waals surface area contributed by atoms with Gasteiger partial charge in [-0.2, -0.15) is 0 Å².